The van der Waals surface area contributed by atoms with Gasteiger partial charge in [-0.3, -0.25) is 9.69 Å². The molecule has 0 unspecified atom stereocenters. The summed E-state index contributed by atoms with van der Waals surface area (Å²) in [6, 6.07) is 20.3. The minimum atomic E-state index is -0.0815. The monoisotopic (exact) mass is 391 g/mol. The molecule has 5 heteroatoms. The third-order valence-electron chi connectivity index (χ3n) is 5.97. The van der Waals surface area contributed by atoms with Crippen LogP contribution in [0.15, 0.2) is 60.7 Å². The molecule has 1 N–H and O–H groups in total. The van der Waals surface area contributed by atoms with Crippen LogP contribution in [0, 0.1) is 5.92 Å². The van der Waals surface area contributed by atoms with E-state index in [2.05, 4.69) is 24.4 Å². The molecule has 1 aliphatic heterocycles. The van der Waals surface area contributed by atoms with Gasteiger partial charge in [-0.15, -0.1) is 0 Å². The maximum atomic E-state index is 13.5. The molecule has 0 spiro atoms. The molecule has 5 nitrogen and oxygen atoms in total. The van der Waals surface area contributed by atoms with Gasteiger partial charge in [0.25, 0.3) is 0 Å². The normalized spacial score (nSPS) is 18.2. The molecular weight excluding hydrogens is 362 g/mol. The highest BCUT2D eigenvalue weighted by molar-refractivity contribution is 5.93. The standard InChI is InChI=1S/C24H29N3O2/c1-18(19-8-4-2-5-9-19)27(22-10-6-3-7-11-22)24(29)26-16-14-20(15-17-26)23(28)25-21-12-13-21/h2-11,18,20-21H,12-17H2,1H3,(H,25,28)/t18-/m1/s1. The number of amides is 3. The van der Waals surface area contributed by atoms with Crippen LogP contribution in [0.5, 0.6) is 0 Å². The Morgan fingerprint density at radius 2 is 1.52 bits per heavy atom. The van der Waals surface area contributed by atoms with Gasteiger partial charge in [-0.25, -0.2) is 4.79 Å². The van der Waals surface area contributed by atoms with E-state index < -0.39 is 0 Å². The smallest absolute Gasteiger partial charge is 0.325 e. The zero-order chi connectivity index (χ0) is 20.2. The van der Waals surface area contributed by atoms with Gasteiger partial charge < -0.3 is 10.2 Å². The molecule has 4 rings (SSSR count). The zero-order valence-corrected chi connectivity index (χ0v) is 17.0. The number of para-hydroxylation sites is 1. The Morgan fingerprint density at radius 3 is 2.10 bits per heavy atom. The van der Waals surface area contributed by atoms with Crippen molar-refractivity contribution in [1.82, 2.24) is 10.2 Å². The highest BCUT2D eigenvalue weighted by atomic mass is 16.2. The number of rotatable bonds is 5. The van der Waals surface area contributed by atoms with E-state index in [4.69, 9.17) is 0 Å². The van der Waals surface area contributed by atoms with Crippen LogP contribution in [0.25, 0.3) is 0 Å². The number of benzene rings is 2. The van der Waals surface area contributed by atoms with Gasteiger partial charge in [0, 0.05) is 30.7 Å². The Bertz CT molecular complexity index is 828. The molecule has 1 atom stereocenters. The second-order valence-corrected chi connectivity index (χ2v) is 8.12. The second-order valence-electron chi connectivity index (χ2n) is 8.12. The van der Waals surface area contributed by atoms with Gasteiger partial charge in [0.15, 0.2) is 0 Å². The second kappa shape index (κ2) is 8.68. The number of nitrogens with zero attached hydrogens (tertiary/aromatic N) is 2. The molecule has 2 aromatic rings. The predicted molar refractivity (Wildman–Crippen MR) is 115 cm³/mol. The van der Waals surface area contributed by atoms with Crippen molar-refractivity contribution >= 4 is 17.6 Å². The lowest BCUT2D eigenvalue weighted by Crippen LogP contribution is -2.49. The lowest BCUT2D eigenvalue weighted by Gasteiger charge is -2.38. The third-order valence-corrected chi connectivity index (χ3v) is 5.97. The summed E-state index contributed by atoms with van der Waals surface area (Å²) < 4.78 is 0. The summed E-state index contributed by atoms with van der Waals surface area (Å²) in [5.74, 6) is 0.188. The minimum Gasteiger partial charge on any atom is -0.353 e. The number of anilines is 1. The molecule has 3 amide bonds. The molecule has 1 saturated heterocycles. The number of likely N-dealkylation sites (tertiary alicyclic amines) is 1. The molecule has 29 heavy (non-hydrogen) atoms. The maximum Gasteiger partial charge on any atom is 0.325 e. The van der Waals surface area contributed by atoms with E-state index >= 15 is 0 Å². The highest BCUT2D eigenvalue weighted by Gasteiger charge is 2.34. The van der Waals surface area contributed by atoms with Gasteiger partial charge in [0.1, 0.15) is 0 Å². The van der Waals surface area contributed by atoms with Crippen molar-refractivity contribution in [2.24, 2.45) is 5.92 Å². The van der Waals surface area contributed by atoms with Gasteiger partial charge >= 0.3 is 6.03 Å². The van der Waals surface area contributed by atoms with Crippen LogP contribution in [0.3, 0.4) is 0 Å². The first-order valence-electron chi connectivity index (χ1n) is 10.6. The Hall–Kier alpha value is -2.82. The van der Waals surface area contributed by atoms with Crippen LogP contribution in [0.4, 0.5) is 10.5 Å². The maximum absolute atomic E-state index is 13.5. The van der Waals surface area contributed by atoms with Gasteiger partial charge in [-0.05, 0) is 50.3 Å². The molecule has 152 valence electrons. The molecule has 2 fully saturated rings. The summed E-state index contributed by atoms with van der Waals surface area (Å²) in [6.07, 6.45) is 3.66. The van der Waals surface area contributed by atoms with Crippen LogP contribution < -0.4 is 10.2 Å². The molecule has 0 bridgehead atoms. The average Bonchev–Trinajstić information content (AvgIpc) is 3.59. The van der Waals surface area contributed by atoms with Gasteiger partial charge in [0.05, 0.1) is 6.04 Å². The first kappa shape index (κ1) is 19.5. The summed E-state index contributed by atoms with van der Waals surface area (Å²) in [6.45, 7) is 3.30. The number of hydrogen-bond donors (Lipinski definition) is 1. The van der Waals surface area contributed by atoms with Gasteiger partial charge in [-0.1, -0.05) is 48.5 Å². The summed E-state index contributed by atoms with van der Waals surface area (Å²) in [4.78, 5) is 29.6. The molecule has 1 heterocycles. The predicted octanol–water partition coefficient (Wildman–Crippen LogP) is 4.36. The molecule has 1 aliphatic carbocycles. The molecule has 2 aromatic carbocycles. The average molecular weight is 392 g/mol. The Balaban J connectivity index is 1.47. The van der Waals surface area contributed by atoms with Crippen LogP contribution in [0.2, 0.25) is 0 Å². The Labute approximate surface area is 172 Å². The minimum absolute atomic E-state index is 0.00797. The molecular formula is C24H29N3O2. The summed E-state index contributed by atoms with van der Waals surface area (Å²) in [7, 11) is 0. The van der Waals surface area contributed by atoms with Crippen LogP contribution in [0.1, 0.15) is 44.2 Å². The first-order valence-corrected chi connectivity index (χ1v) is 10.6. The lowest BCUT2D eigenvalue weighted by atomic mass is 9.96. The van der Waals surface area contributed by atoms with Crippen LogP contribution in [-0.4, -0.2) is 36.0 Å². The van der Waals surface area contributed by atoms with E-state index in [1.165, 1.54) is 0 Å². The number of piperidine rings is 1. The molecule has 2 aliphatic rings. The summed E-state index contributed by atoms with van der Waals surface area (Å²) in [5, 5.41) is 3.10. The quantitative estimate of drug-likeness (QED) is 0.823. The van der Waals surface area contributed by atoms with Gasteiger partial charge in [0.2, 0.25) is 5.91 Å². The van der Waals surface area contributed by atoms with Crippen LogP contribution >= 0.6 is 0 Å². The highest BCUT2D eigenvalue weighted by Crippen LogP contribution is 2.30. The van der Waals surface area contributed by atoms with Crippen molar-refractivity contribution in [2.75, 3.05) is 18.0 Å². The van der Waals surface area contributed by atoms with E-state index in [9.17, 15) is 9.59 Å². The van der Waals surface area contributed by atoms with Crippen molar-refractivity contribution in [1.29, 1.82) is 0 Å². The van der Waals surface area contributed by atoms with E-state index in [1.807, 2.05) is 58.3 Å². The number of nitrogens with one attached hydrogen (secondary N) is 1. The lowest BCUT2D eigenvalue weighted by molar-refractivity contribution is -0.126. The SMILES string of the molecule is C[C@H](c1ccccc1)N(C(=O)N1CCC(C(=O)NC2CC2)CC1)c1ccccc1. The van der Waals surface area contributed by atoms with Crippen LogP contribution in [-0.2, 0) is 4.79 Å². The first-order chi connectivity index (χ1) is 14.1. The van der Waals surface area contributed by atoms with E-state index in [0.717, 1.165) is 36.9 Å². The number of urea groups is 1. The number of carbonyl (C=O) groups excluding carboxylic acids is 2. The van der Waals surface area contributed by atoms with Crippen molar-refractivity contribution in [3.8, 4) is 0 Å². The van der Waals surface area contributed by atoms with E-state index in [0.29, 0.717) is 19.1 Å². The molecule has 1 saturated carbocycles. The largest absolute Gasteiger partial charge is 0.353 e. The third kappa shape index (κ3) is 4.61. The summed E-state index contributed by atoms with van der Waals surface area (Å²) in [5.41, 5.74) is 1.99. The van der Waals surface area contributed by atoms with E-state index in [-0.39, 0.29) is 23.9 Å². The number of carbonyl (C=O) groups is 2. The Morgan fingerprint density at radius 1 is 0.931 bits per heavy atom. The van der Waals surface area contributed by atoms with Crippen molar-refractivity contribution < 1.29 is 9.59 Å². The number of hydrogen-bond acceptors (Lipinski definition) is 2. The fourth-order valence-electron chi connectivity index (χ4n) is 4.00. The molecule has 0 aromatic heterocycles. The van der Waals surface area contributed by atoms with Crippen molar-refractivity contribution in [2.45, 2.75) is 44.7 Å². The zero-order valence-electron chi connectivity index (χ0n) is 17.0. The fraction of sp³-hybridized carbons (Fsp3) is 0.417. The molecule has 0 radical (unpaired) electrons. The Kier molecular flexibility index (Phi) is 5.84. The summed E-state index contributed by atoms with van der Waals surface area (Å²) >= 11 is 0. The van der Waals surface area contributed by atoms with Crippen molar-refractivity contribution in [3.63, 3.8) is 0 Å². The van der Waals surface area contributed by atoms with Crippen molar-refractivity contribution in [3.05, 3.63) is 66.2 Å². The van der Waals surface area contributed by atoms with E-state index in [1.54, 1.807) is 0 Å². The fourth-order valence-corrected chi connectivity index (χ4v) is 4.00. The topological polar surface area (TPSA) is 52.7 Å². The van der Waals surface area contributed by atoms with Gasteiger partial charge in [-0.2, -0.15) is 0 Å².